The summed E-state index contributed by atoms with van der Waals surface area (Å²) in [5, 5.41) is 9.58. The molecule has 0 unspecified atom stereocenters. The van der Waals surface area contributed by atoms with E-state index in [9.17, 15) is 9.90 Å². The standard InChI is InChI=1S/C13H25NO4/c1-12(2,3)18-11(15)14-7-6-10(8-14)17-9-13(4,5)16/h10,16H,6-9H2,1-5H3/t10-/m0/s1. The second-order valence-corrected chi connectivity index (χ2v) is 6.46. The van der Waals surface area contributed by atoms with Crippen LogP contribution in [-0.2, 0) is 9.47 Å². The molecular weight excluding hydrogens is 234 g/mol. The van der Waals surface area contributed by atoms with Crippen LogP contribution in [0.3, 0.4) is 0 Å². The Balaban J connectivity index is 2.35. The lowest BCUT2D eigenvalue weighted by Crippen LogP contribution is -2.36. The minimum Gasteiger partial charge on any atom is -0.444 e. The molecule has 1 heterocycles. The van der Waals surface area contributed by atoms with E-state index in [4.69, 9.17) is 9.47 Å². The van der Waals surface area contributed by atoms with Crippen LogP contribution in [0.1, 0.15) is 41.0 Å². The summed E-state index contributed by atoms with van der Waals surface area (Å²) in [7, 11) is 0. The lowest BCUT2D eigenvalue weighted by Gasteiger charge is -2.24. The molecule has 0 aromatic heterocycles. The van der Waals surface area contributed by atoms with Crippen LogP contribution in [-0.4, -0.2) is 53.1 Å². The number of ether oxygens (including phenoxy) is 2. The second-order valence-electron chi connectivity index (χ2n) is 6.46. The molecule has 1 atom stereocenters. The minimum atomic E-state index is -0.834. The van der Waals surface area contributed by atoms with E-state index in [1.807, 2.05) is 20.8 Å². The van der Waals surface area contributed by atoms with Crippen molar-refractivity contribution in [1.29, 1.82) is 0 Å². The molecule has 1 amide bonds. The Morgan fingerprint density at radius 2 is 1.94 bits per heavy atom. The zero-order valence-corrected chi connectivity index (χ0v) is 12.0. The predicted molar refractivity (Wildman–Crippen MR) is 68.5 cm³/mol. The van der Waals surface area contributed by atoms with E-state index in [0.29, 0.717) is 13.1 Å². The number of carbonyl (C=O) groups excluding carboxylic acids is 1. The quantitative estimate of drug-likeness (QED) is 0.839. The fourth-order valence-electron chi connectivity index (χ4n) is 1.68. The van der Waals surface area contributed by atoms with E-state index in [1.165, 1.54) is 0 Å². The first kappa shape index (κ1) is 15.2. The maximum Gasteiger partial charge on any atom is 0.410 e. The summed E-state index contributed by atoms with van der Waals surface area (Å²) < 4.78 is 10.9. The van der Waals surface area contributed by atoms with E-state index >= 15 is 0 Å². The average Bonchev–Trinajstić information content (AvgIpc) is 2.58. The van der Waals surface area contributed by atoms with Crippen molar-refractivity contribution >= 4 is 6.09 Å². The van der Waals surface area contributed by atoms with Gasteiger partial charge in [0.2, 0.25) is 0 Å². The lowest BCUT2D eigenvalue weighted by molar-refractivity contribution is -0.0498. The van der Waals surface area contributed by atoms with Crippen molar-refractivity contribution in [2.45, 2.75) is 58.3 Å². The van der Waals surface area contributed by atoms with Crippen molar-refractivity contribution in [2.75, 3.05) is 19.7 Å². The summed E-state index contributed by atoms with van der Waals surface area (Å²) in [6.07, 6.45) is 0.482. The van der Waals surface area contributed by atoms with E-state index in [2.05, 4.69) is 0 Å². The van der Waals surface area contributed by atoms with Crippen molar-refractivity contribution in [2.24, 2.45) is 0 Å². The first-order valence-corrected chi connectivity index (χ1v) is 6.39. The highest BCUT2D eigenvalue weighted by Crippen LogP contribution is 2.18. The molecule has 0 aliphatic carbocycles. The molecular formula is C13H25NO4. The van der Waals surface area contributed by atoms with Gasteiger partial charge in [-0.1, -0.05) is 0 Å². The SMILES string of the molecule is CC(C)(O)CO[C@H]1CCN(C(=O)OC(C)(C)C)C1. The number of likely N-dealkylation sites (tertiary alicyclic amines) is 1. The molecule has 0 aromatic rings. The van der Waals surface area contributed by atoms with Crippen molar-refractivity contribution in [3.05, 3.63) is 0 Å². The average molecular weight is 259 g/mol. The zero-order valence-electron chi connectivity index (χ0n) is 12.0. The highest BCUT2D eigenvalue weighted by molar-refractivity contribution is 5.68. The summed E-state index contributed by atoms with van der Waals surface area (Å²) in [6.45, 7) is 10.4. The molecule has 5 nitrogen and oxygen atoms in total. The fraction of sp³-hybridized carbons (Fsp3) is 0.923. The lowest BCUT2D eigenvalue weighted by atomic mass is 10.1. The van der Waals surface area contributed by atoms with Crippen LogP contribution < -0.4 is 0 Å². The van der Waals surface area contributed by atoms with Gasteiger partial charge in [0.05, 0.1) is 24.9 Å². The molecule has 18 heavy (non-hydrogen) atoms. The summed E-state index contributed by atoms with van der Waals surface area (Å²) in [5.41, 5.74) is -1.30. The van der Waals surface area contributed by atoms with Gasteiger partial charge in [-0.3, -0.25) is 0 Å². The first-order chi connectivity index (χ1) is 8.07. The Hall–Kier alpha value is -0.810. The second kappa shape index (κ2) is 5.45. The van der Waals surface area contributed by atoms with Gasteiger partial charge in [-0.2, -0.15) is 0 Å². The molecule has 1 N–H and O–H groups in total. The Labute approximate surface area is 109 Å². The number of hydrogen-bond donors (Lipinski definition) is 1. The Morgan fingerprint density at radius 3 is 2.44 bits per heavy atom. The van der Waals surface area contributed by atoms with Gasteiger partial charge < -0.3 is 19.5 Å². The van der Waals surface area contributed by atoms with Gasteiger partial charge in [0.25, 0.3) is 0 Å². The highest BCUT2D eigenvalue weighted by Gasteiger charge is 2.31. The van der Waals surface area contributed by atoms with Crippen LogP contribution in [0.4, 0.5) is 4.79 Å². The third-order valence-corrected chi connectivity index (χ3v) is 2.47. The Morgan fingerprint density at radius 1 is 1.33 bits per heavy atom. The number of nitrogens with zero attached hydrogens (tertiary/aromatic N) is 1. The van der Waals surface area contributed by atoms with Gasteiger partial charge in [-0.05, 0) is 41.0 Å². The number of rotatable bonds is 3. The van der Waals surface area contributed by atoms with Crippen LogP contribution in [0.2, 0.25) is 0 Å². The number of aliphatic hydroxyl groups is 1. The van der Waals surface area contributed by atoms with Gasteiger partial charge in [0.1, 0.15) is 5.60 Å². The maximum absolute atomic E-state index is 11.8. The smallest absolute Gasteiger partial charge is 0.410 e. The zero-order chi connectivity index (χ0) is 14.0. The third-order valence-electron chi connectivity index (χ3n) is 2.47. The molecule has 5 heteroatoms. The molecule has 0 bridgehead atoms. The molecule has 1 saturated heterocycles. The van der Waals surface area contributed by atoms with Gasteiger partial charge in [0.15, 0.2) is 0 Å². The Bertz CT molecular complexity index is 290. The van der Waals surface area contributed by atoms with Crippen molar-refractivity contribution in [1.82, 2.24) is 4.90 Å². The van der Waals surface area contributed by atoms with Crippen LogP contribution in [0, 0.1) is 0 Å². The maximum atomic E-state index is 11.8. The largest absolute Gasteiger partial charge is 0.444 e. The Kier molecular flexibility index (Phi) is 4.61. The molecule has 106 valence electrons. The predicted octanol–water partition coefficient (Wildman–Crippen LogP) is 1.78. The molecule has 0 spiro atoms. The van der Waals surface area contributed by atoms with E-state index in [-0.39, 0.29) is 18.8 Å². The summed E-state index contributed by atoms with van der Waals surface area (Å²) in [5.74, 6) is 0. The summed E-state index contributed by atoms with van der Waals surface area (Å²) >= 11 is 0. The van der Waals surface area contributed by atoms with Gasteiger partial charge in [-0.25, -0.2) is 4.79 Å². The summed E-state index contributed by atoms with van der Waals surface area (Å²) in [4.78, 5) is 13.5. The normalized spacial score (nSPS) is 21.2. The minimum absolute atomic E-state index is 0.0102. The van der Waals surface area contributed by atoms with Crippen LogP contribution >= 0.6 is 0 Å². The van der Waals surface area contributed by atoms with Gasteiger partial charge in [-0.15, -0.1) is 0 Å². The molecule has 0 radical (unpaired) electrons. The highest BCUT2D eigenvalue weighted by atomic mass is 16.6. The van der Waals surface area contributed by atoms with Crippen LogP contribution in [0.5, 0.6) is 0 Å². The van der Waals surface area contributed by atoms with Crippen LogP contribution in [0.25, 0.3) is 0 Å². The van der Waals surface area contributed by atoms with E-state index in [0.717, 1.165) is 6.42 Å². The monoisotopic (exact) mass is 259 g/mol. The van der Waals surface area contributed by atoms with Crippen molar-refractivity contribution in [3.8, 4) is 0 Å². The van der Waals surface area contributed by atoms with E-state index in [1.54, 1.807) is 18.7 Å². The third kappa shape index (κ3) is 5.69. The molecule has 1 rings (SSSR count). The first-order valence-electron chi connectivity index (χ1n) is 6.39. The van der Waals surface area contributed by atoms with Gasteiger partial charge >= 0.3 is 6.09 Å². The summed E-state index contributed by atoms with van der Waals surface area (Å²) in [6, 6.07) is 0. The molecule has 0 aromatic carbocycles. The van der Waals surface area contributed by atoms with E-state index < -0.39 is 11.2 Å². The number of amides is 1. The fourth-order valence-corrected chi connectivity index (χ4v) is 1.68. The van der Waals surface area contributed by atoms with Gasteiger partial charge in [0, 0.05) is 6.54 Å². The molecule has 1 aliphatic rings. The topological polar surface area (TPSA) is 59.0 Å². The molecule has 0 saturated carbocycles. The molecule has 1 aliphatic heterocycles. The van der Waals surface area contributed by atoms with Crippen molar-refractivity contribution < 1.29 is 19.4 Å². The molecule has 1 fully saturated rings. The van der Waals surface area contributed by atoms with Crippen molar-refractivity contribution in [3.63, 3.8) is 0 Å². The van der Waals surface area contributed by atoms with Crippen LogP contribution in [0.15, 0.2) is 0 Å². The number of hydrogen-bond acceptors (Lipinski definition) is 4. The number of carbonyl (C=O) groups is 1.